The Morgan fingerprint density at radius 3 is 2.61 bits per heavy atom. The molecule has 1 aliphatic rings. The lowest BCUT2D eigenvalue weighted by molar-refractivity contribution is -0.116. The molecule has 162 valence electrons. The number of halogens is 1. The molecule has 11 heteroatoms. The monoisotopic (exact) mass is 463 g/mol. The number of aromatic nitrogens is 1. The molecule has 0 aliphatic carbocycles. The highest BCUT2D eigenvalue weighted by molar-refractivity contribution is 7.89. The third kappa shape index (κ3) is 4.68. The first kappa shape index (κ1) is 21.2. The zero-order valence-electron chi connectivity index (χ0n) is 16.4. The van der Waals surface area contributed by atoms with E-state index < -0.39 is 22.5 Å². The second-order valence-corrected chi connectivity index (χ2v) is 9.56. The maximum Gasteiger partial charge on any atom is 0.243 e. The summed E-state index contributed by atoms with van der Waals surface area (Å²) in [4.78, 5) is 16.7. The highest BCUT2D eigenvalue weighted by atomic mass is 32.2. The van der Waals surface area contributed by atoms with Gasteiger partial charge in [0.1, 0.15) is 19.0 Å². The molecule has 31 heavy (non-hydrogen) atoms. The summed E-state index contributed by atoms with van der Waals surface area (Å²) >= 11 is 1.19. The molecule has 0 bridgehead atoms. The molecular formula is C20H18FN3O5S2. The quantitative estimate of drug-likeness (QED) is 0.604. The van der Waals surface area contributed by atoms with Crippen molar-refractivity contribution in [2.75, 3.05) is 32.1 Å². The normalized spacial score (nSPS) is 13.3. The smallest absolute Gasteiger partial charge is 0.243 e. The number of carbonyl (C=O) groups is 1. The van der Waals surface area contributed by atoms with Crippen LogP contribution in [0.5, 0.6) is 11.5 Å². The van der Waals surface area contributed by atoms with Crippen LogP contribution < -0.4 is 14.8 Å². The number of hydrogen-bond donors (Lipinski definition) is 1. The van der Waals surface area contributed by atoms with Crippen LogP contribution in [0.15, 0.2) is 52.7 Å². The van der Waals surface area contributed by atoms with Crippen LogP contribution in [0, 0.1) is 5.82 Å². The molecule has 0 saturated carbocycles. The maximum atomic E-state index is 13.1. The average molecular weight is 464 g/mol. The fourth-order valence-corrected chi connectivity index (χ4v) is 4.77. The Morgan fingerprint density at radius 1 is 1.16 bits per heavy atom. The van der Waals surface area contributed by atoms with Crippen LogP contribution in [-0.2, 0) is 14.8 Å². The molecule has 0 radical (unpaired) electrons. The number of likely N-dealkylation sites (N-methyl/N-ethyl adjacent to an activating group) is 1. The highest BCUT2D eigenvalue weighted by Crippen LogP contribution is 2.33. The molecule has 0 fully saturated rings. The first-order valence-electron chi connectivity index (χ1n) is 9.20. The molecule has 0 spiro atoms. The van der Waals surface area contributed by atoms with Crippen molar-refractivity contribution < 1.29 is 27.1 Å². The van der Waals surface area contributed by atoms with E-state index in [0.29, 0.717) is 41.1 Å². The molecule has 1 aliphatic heterocycles. The van der Waals surface area contributed by atoms with Crippen LogP contribution in [0.1, 0.15) is 0 Å². The Kier molecular flexibility index (Phi) is 5.90. The Balaban J connectivity index is 1.42. The largest absolute Gasteiger partial charge is 0.486 e. The molecule has 2 aromatic carbocycles. The van der Waals surface area contributed by atoms with Crippen LogP contribution >= 0.6 is 11.3 Å². The van der Waals surface area contributed by atoms with Gasteiger partial charge in [0.15, 0.2) is 16.6 Å². The predicted octanol–water partition coefficient (Wildman–Crippen LogP) is 2.98. The van der Waals surface area contributed by atoms with E-state index in [1.54, 1.807) is 17.5 Å². The molecule has 0 atom stereocenters. The zero-order chi connectivity index (χ0) is 22.0. The van der Waals surface area contributed by atoms with Gasteiger partial charge in [0.2, 0.25) is 15.9 Å². The van der Waals surface area contributed by atoms with Gasteiger partial charge < -0.3 is 14.8 Å². The van der Waals surface area contributed by atoms with Crippen molar-refractivity contribution in [3.63, 3.8) is 0 Å². The molecule has 3 aromatic rings. The maximum absolute atomic E-state index is 13.1. The van der Waals surface area contributed by atoms with Gasteiger partial charge in [-0.2, -0.15) is 4.31 Å². The zero-order valence-corrected chi connectivity index (χ0v) is 18.0. The first-order valence-corrected chi connectivity index (χ1v) is 11.5. The number of rotatable bonds is 6. The van der Waals surface area contributed by atoms with Crippen LogP contribution in [0.3, 0.4) is 0 Å². The fourth-order valence-electron chi connectivity index (χ4n) is 2.89. The molecule has 0 unspecified atom stereocenters. The second kappa shape index (κ2) is 8.61. The number of nitrogens with one attached hydrogen (secondary N) is 1. The van der Waals surface area contributed by atoms with Crippen molar-refractivity contribution in [1.29, 1.82) is 0 Å². The number of sulfonamides is 1. The molecular weight excluding hydrogens is 445 g/mol. The van der Waals surface area contributed by atoms with Gasteiger partial charge in [0, 0.05) is 24.1 Å². The van der Waals surface area contributed by atoms with E-state index in [1.807, 2.05) is 0 Å². The van der Waals surface area contributed by atoms with Gasteiger partial charge in [-0.3, -0.25) is 4.79 Å². The van der Waals surface area contributed by atoms with Gasteiger partial charge in [-0.15, -0.1) is 11.3 Å². The fraction of sp³-hybridized carbons (Fsp3) is 0.200. The topological polar surface area (TPSA) is 97.8 Å². The lowest BCUT2D eigenvalue weighted by atomic mass is 10.2. The lowest BCUT2D eigenvalue weighted by Gasteiger charge is -2.21. The van der Waals surface area contributed by atoms with Crippen LogP contribution in [0.4, 0.5) is 9.52 Å². The summed E-state index contributed by atoms with van der Waals surface area (Å²) < 4.78 is 50.5. The Morgan fingerprint density at radius 2 is 1.87 bits per heavy atom. The molecule has 2 heterocycles. The van der Waals surface area contributed by atoms with Gasteiger partial charge in [-0.1, -0.05) is 0 Å². The van der Waals surface area contributed by atoms with Gasteiger partial charge in [-0.05, 0) is 36.4 Å². The lowest BCUT2D eigenvalue weighted by Crippen LogP contribution is -2.35. The molecule has 8 nitrogen and oxygen atoms in total. The minimum atomic E-state index is -3.92. The number of ether oxygens (including phenoxy) is 2. The van der Waals surface area contributed by atoms with E-state index in [0.717, 1.165) is 4.31 Å². The standard InChI is InChI=1S/C20H18FN3O5S2/c1-24(31(26,27)15-6-7-17-18(10-15)29-9-8-28-17)11-19(25)23-20-22-16(12-30-20)13-2-4-14(21)5-3-13/h2-7,10,12H,8-9,11H2,1H3,(H,22,23,25). The van der Waals surface area contributed by atoms with Crippen molar-refractivity contribution in [3.05, 3.63) is 53.7 Å². The molecule has 4 rings (SSSR count). The summed E-state index contributed by atoms with van der Waals surface area (Å²) in [6.07, 6.45) is 0. The number of fused-ring (bicyclic) bond motifs is 1. The molecule has 0 saturated heterocycles. The molecule has 1 aromatic heterocycles. The Bertz CT molecular complexity index is 1210. The van der Waals surface area contributed by atoms with E-state index in [-0.39, 0.29) is 10.7 Å². The van der Waals surface area contributed by atoms with Crippen molar-refractivity contribution in [1.82, 2.24) is 9.29 Å². The number of anilines is 1. The van der Waals surface area contributed by atoms with E-state index >= 15 is 0 Å². The SMILES string of the molecule is CN(CC(=O)Nc1nc(-c2ccc(F)cc2)cs1)S(=O)(=O)c1ccc2c(c1)OCCO2. The number of nitrogens with zero attached hydrogens (tertiary/aromatic N) is 2. The summed E-state index contributed by atoms with van der Waals surface area (Å²) in [6.45, 7) is 0.337. The van der Waals surface area contributed by atoms with Crippen molar-refractivity contribution in [3.8, 4) is 22.8 Å². The average Bonchev–Trinajstić information content (AvgIpc) is 3.22. The number of thiazole rings is 1. The number of hydrogen-bond acceptors (Lipinski definition) is 7. The number of carbonyl (C=O) groups excluding carboxylic acids is 1. The molecule has 1 amide bonds. The summed E-state index contributed by atoms with van der Waals surface area (Å²) in [7, 11) is -2.60. The predicted molar refractivity (Wildman–Crippen MR) is 113 cm³/mol. The minimum absolute atomic E-state index is 0.0000975. The second-order valence-electron chi connectivity index (χ2n) is 6.66. The van der Waals surface area contributed by atoms with Crippen LogP contribution in [0.2, 0.25) is 0 Å². The number of benzene rings is 2. The van der Waals surface area contributed by atoms with Gasteiger partial charge in [-0.25, -0.2) is 17.8 Å². The summed E-state index contributed by atoms with van der Waals surface area (Å²) in [5.74, 6) is -0.0639. The van der Waals surface area contributed by atoms with Gasteiger partial charge in [0.05, 0.1) is 17.1 Å². The van der Waals surface area contributed by atoms with Gasteiger partial charge >= 0.3 is 0 Å². The van der Waals surface area contributed by atoms with Crippen LogP contribution in [-0.4, -0.2) is 50.4 Å². The highest BCUT2D eigenvalue weighted by Gasteiger charge is 2.25. The van der Waals surface area contributed by atoms with Crippen molar-refractivity contribution in [2.24, 2.45) is 0 Å². The van der Waals surface area contributed by atoms with Crippen molar-refractivity contribution >= 4 is 32.4 Å². The Labute approximate surface area is 182 Å². The first-order chi connectivity index (χ1) is 14.8. The van der Waals surface area contributed by atoms with Gasteiger partial charge in [0.25, 0.3) is 0 Å². The van der Waals surface area contributed by atoms with E-state index in [9.17, 15) is 17.6 Å². The third-order valence-electron chi connectivity index (χ3n) is 4.48. The Hall–Kier alpha value is -3.02. The summed E-state index contributed by atoms with van der Waals surface area (Å²) in [6, 6.07) is 10.1. The molecule has 1 N–H and O–H groups in total. The third-order valence-corrected chi connectivity index (χ3v) is 7.04. The van der Waals surface area contributed by atoms with Crippen LogP contribution in [0.25, 0.3) is 11.3 Å². The summed E-state index contributed by atoms with van der Waals surface area (Å²) in [5, 5.41) is 4.63. The van der Waals surface area contributed by atoms with E-state index in [1.165, 1.54) is 48.7 Å². The summed E-state index contributed by atoms with van der Waals surface area (Å²) in [5.41, 5.74) is 1.29. The van der Waals surface area contributed by atoms with E-state index in [2.05, 4.69) is 10.3 Å². The minimum Gasteiger partial charge on any atom is -0.486 e. The number of amides is 1. The van der Waals surface area contributed by atoms with E-state index in [4.69, 9.17) is 9.47 Å². The van der Waals surface area contributed by atoms with Crippen molar-refractivity contribution in [2.45, 2.75) is 4.90 Å².